The van der Waals surface area contributed by atoms with Crippen molar-refractivity contribution in [2.45, 2.75) is 96.7 Å². The molecule has 0 spiro atoms. The monoisotopic (exact) mass is 794 g/mol. The van der Waals surface area contributed by atoms with Crippen LogP contribution in [0.1, 0.15) is 118 Å². The molecule has 2 aromatic carbocycles. The molecule has 12 nitrogen and oxygen atoms in total. The zero-order chi connectivity index (χ0) is 39.1. The van der Waals surface area contributed by atoms with E-state index in [4.69, 9.17) is 16.6 Å². The Bertz CT molecular complexity index is 2220. The third-order valence-corrected chi connectivity index (χ3v) is 13.3. The van der Waals surface area contributed by atoms with E-state index in [1.165, 1.54) is 10.4 Å². The van der Waals surface area contributed by atoms with Crippen LogP contribution < -0.4 is 10.6 Å². The SMILES string of the molecule is Cc1sc2c(c1C)C(c1ccc(Cl)cc1)=NC(CC(=O)NCCCCCN1CCC(c3ccc4c(c3)CN(C3CCC(=O)NC3=O)C4=O)CC1)c1nnc(C)n1-2. The maximum atomic E-state index is 13.4. The zero-order valence-corrected chi connectivity index (χ0v) is 33.6. The minimum atomic E-state index is -0.593. The third-order valence-electron chi connectivity index (χ3n) is 11.8. The van der Waals surface area contributed by atoms with Gasteiger partial charge in [0.05, 0.1) is 12.1 Å². The number of fused-ring (bicyclic) bond motifs is 4. The van der Waals surface area contributed by atoms with Gasteiger partial charge in [-0.15, -0.1) is 21.5 Å². The van der Waals surface area contributed by atoms with Gasteiger partial charge in [0, 0.05) is 46.1 Å². The van der Waals surface area contributed by atoms with E-state index >= 15 is 0 Å². The number of carbonyl (C=O) groups excluding carboxylic acids is 4. The van der Waals surface area contributed by atoms with Gasteiger partial charge in [-0.05, 0) is 113 Å². The van der Waals surface area contributed by atoms with Gasteiger partial charge in [-0.25, -0.2) is 0 Å². The molecule has 2 unspecified atom stereocenters. The highest BCUT2D eigenvalue weighted by molar-refractivity contribution is 7.15. The predicted octanol–water partition coefficient (Wildman–Crippen LogP) is 6.12. The molecule has 2 N–H and O–H groups in total. The molecular weight excluding hydrogens is 748 g/mol. The number of halogens is 1. The van der Waals surface area contributed by atoms with Gasteiger partial charge in [0.2, 0.25) is 17.7 Å². The molecule has 56 heavy (non-hydrogen) atoms. The second-order valence-electron chi connectivity index (χ2n) is 15.5. The first-order chi connectivity index (χ1) is 27.0. The molecule has 0 saturated carbocycles. The minimum absolute atomic E-state index is 0.0544. The maximum Gasteiger partial charge on any atom is 0.255 e. The van der Waals surface area contributed by atoms with E-state index in [1.807, 2.05) is 37.3 Å². The van der Waals surface area contributed by atoms with Gasteiger partial charge in [0.25, 0.3) is 5.91 Å². The number of nitrogens with zero attached hydrogens (tertiary/aromatic N) is 6. The normalized spacial score (nSPS) is 20.0. The van der Waals surface area contributed by atoms with Gasteiger partial charge >= 0.3 is 0 Å². The number of thiophene rings is 1. The number of imide groups is 1. The molecule has 8 rings (SSSR count). The van der Waals surface area contributed by atoms with Gasteiger partial charge < -0.3 is 15.1 Å². The lowest BCUT2D eigenvalue weighted by atomic mass is 9.88. The highest BCUT2D eigenvalue weighted by Gasteiger charge is 2.39. The van der Waals surface area contributed by atoms with Crippen LogP contribution in [-0.4, -0.2) is 86.1 Å². The predicted molar refractivity (Wildman–Crippen MR) is 216 cm³/mol. The standard InChI is InChI=1S/C42H47ClN8O4S/c1-24-25(2)56-42-37(24)38(28-7-10-31(43)11-8-28)45-33(39-48-47-26(3)51(39)42)22-36(53)44-17-5-4-6-18-49-19-15-27(16-20-49)29-9-12-32-30(21-29)23-50(41(32)55)34-13-14-35(52)46-40(34)54/h7-12,21,27,33-34H,4-6,13-20,22-23H2,1-3H3,(H,44,53)(H,46,52,54). The average Bonchev–Trinajstić information content (AvgIpc) is 3.80. The smallest absolute Gasteiger partial charge is 0.255 e. The highest BCUT2D eigenvalue weighted by Crippen LogP contribution is 2.40. The Kier molecular flexibility index (Phi) is 10.9. The topological polar surface area (TPSA) is 142 Å². The summed E-state index contributed by atoms with van der Waals surface area (Å²) in [5, 5.41) is 16.1. The molecule has 4 amide bonds. The summed E-state index contributed by atoms with van der Waals surface area (Å²) in [6.45, 7) is 10.3. The van der Waals surface area contributed by atoms with Crippen LogP contribution in [0.4, 0.5) is 0 Å². The molecule has 2 atom stereocenters. The molecule has 6 heterocycles. The number of carbonyl (C=O) groups is 4. The van der Waals surface area contributed by atoms with Crippen molar-refractivity contribution in [2.75, 3.05) is 26.2 Å². The molecule has 4 aliphatic rings. The van der Waals surface area contributed by atoms with Crippen LogP contribution in [0, 0.1) is 20.8 Å². The van der Waals surface area contributed by atoms with Crippen LogP contribution in [0.2, 0.25) is 5.02 Å². The molecule has 4 aromatic rings. The number of likely N-dealkylation sites (tertiary alicyclic amines) is 1. The Morgan fingerprint density at radius 1 is 0.982 bits per heavy atom. The fourth-order valence-electron chi connectivity index (χ4n) is 8.58. The molecule has 0 radical (unpaired) electrons. The number of piperidine rings is 2. The lowest BCUT2D eigenvalue weighted by Crippen LogP contribution is -2.52. The first-order valence-corrected chi connectivity index (χ1v) is 20.9. The Morgan fingerprint density at radius 2 is 1.77 bits per heavy atom. The van der Waals surface area contributed by atoms with Crippen LogP contribution in [0.25, 0.3) is 5.00 Å². The Morgan fingerprint density at radius 3 is 2.54 bits per heavy atom. The van der Waals surface area contributed by atoms with E-state index in [0.29, 0.717) is 41.8 Å². The fraction of sp³-hybridized carbons (Fsp3) is 0.452. The molecule has 2 fully saturated rings. The molecular formula is C42H47ClN8O4S. The lowest BCUT2D eigenvalue weighted by Gasteiger charge is -2.32. The number of amides is 4. The second kappa shape index (κ2) is 16.0. The largest absolute Gasteiger partial charge is 0.356 e. The third kappa shape index (κ3) is 7.56. The molecule has 0 aliphatic carbocycles. The molecule has 14 heteroatoms. The van der Waals surface area contributed by atoms with Crippen LogP contribution in [-0.2, 0) is 20.9 Å². The van der Waals surface area contributed by atoms with Crippen LogP contribution in [0.15, 0.2) is 47.5 Å². The number of unbranched alkanes of at least 4 members (excludes halogenated alkanes) is 2. The molecule has 2 saturated heterocycles. The van der Waals surface area contributed by atoms with Gasteiger partial charge in [0.15, 0.2) is 5.82 Å². The van der Waals surface area contributed by atoms with E-state index in [9.17, 15) is 19.2 Å². The first-order valence-electron chi connectivity index (χ1n) is 19.7. The first kappa shape index (κ1) is 38.2. The van der Waals surface area contributed by atoms with Gasteiger partial charge in [-0.2, -0.15) is 0 Å². The van der Waals surface area contributed by atoms with Crippen molar-refractivity contribution < 1.29 is 19.2 Å². The van der Waals surface area contributed by atoms with E-state index in [1.54, 1.807) is 16.2 Å². The second-order valence-corrected chi connectivity index (χ2v) is 17.1. The van der Waals surface area contributed by atoms with Crippen molar-refractivity contribution in [2.24, 2.45) is 4.99 Å². The number of aromatic nitrogens is 3. The summed E-state index contributed by atoms with van der Waals surface area (Å²) in [4.78, 5) is 61.1. The van der Waals surface area contributed by atoms with Gasteiger partial charge in [-0.1, -0.05) is 42.3 Å². The Balaban J connectivity index is 0.801. The number of hydrogen-bond acceptors (Lipinski definition) is 9. The van der Waals surface area contributed by atoms with Crippen molar-refractivity contribution >= 4 is 52.3 Å². The van der Waals surface area contributed by atoms with E-state index < -0.39 is 12.1 Å². The van der Waals surface area contributed by atoms with Crippen LogP contribution >= 0.6 is 22.9 Å². The number of rotatable bonds is 11. The summed E-state index contributed by atoms with van der Waals surface area (Å²) in [6, 6.07) is 12.8. The summed E-state index contributed by atoms with van der Waals surface area (Å²) < 4.78 is 2.07. The number of aryl methyl sites for hydroxylation is 2. The summed E-state index contributed by atoms with van der Waals surface area (Å²) >= 11 is 7.94. The summed E-state index contributed by atoms with van der Waals surface area (Å²) in [7, 11) is 0. The number of nitrogens with one attached hydrogen (secondary N) is 2. The molecule has 292 valence electrons. The minimum Gasteiger partial charge on any atom is -0.356 e. The quantitative estimate of drug-likeness (QED) is 0.138. The van der Waals surface area contributed by atoms with Crippen molar-refractivity contribution in [3.8, 4) is 5.00 Å². The molecule has 4 aliphatic heterocycles. The maximum absolute atomic E-state index is 13.4. The van der Waals surface area contributed by atoms with Gasteiger partial charge in [-0.3, -0.25) is 34.1 Å². The summed E-state index contributed by atoms with van der Waals surface area (Å²) in [5.41, 5.74) is 6.88. The summed E-state index contributed by atoms with van der Waals surface area (Å²) in [6.07, 6.45) is 5.91. The van der Waals surface area contributed by atoms with E-state index in [0.717, 1.165) is 90.5 Å². The average molecular weight is 795 g/mol. The summed E-state index contributed by atoms with van der Waals surface area (Å²) in [5.74, 6) is 1.04. The fourth-order valence-corrected chi connectivity index (χ4v) is 9.92. The van der Waals surface area contributed by atoms with Crippen molar-refractivity contribution in [1.29, 1.82) is 0 Å². The van der Waals surface area contributed by atoms with Crippen LogP contribution in [0.3, 0.4) is 0 Å². The van der Waals surface area contributed by atoms with E-state index in [2.05, 4.69) is 56.3 Å². The number of benzene rings is 2. The van der Waals surface area contributed by atoms with Crippen molar-refractivity contribution in [3.63, 3.8) is 0 Å². The zero-order valence-electron chi connectivity index (χ0n) is 32.1. The van der Waals surface area contributed by atoms with Crippen LogP contribution in [0.5, 0.6) is 0 Å². The lowest BCUT2D eigenvalue weighted by molar-refractivity contribution is -0.137. The number of hydrogen-bond donors (Lipinski definition) is 2. The Hall–Kier alpha value is -4.72. The van der Waals surface area contributed by atoms with Gasteiger partial charge in [0.1, 0.15) is 22.9 Å². The van der Waals surface area contributed by atoms with Crippen molar-refractivity contribution in [3.05, 3.63) is 97.4 Å². The van der Waals surface area contributed by atoms with Crippen molar-refractivity contribution in [1.82, 2.24) is 35.2 Å². The number of aliphatic imine (C=N–C) groups is 1. The highest BCUT2D eigenvalue weighted by atomic mass is 35.5. The molecule has 2 aromatic heterocycles. The Labute approximate surface area is 335 Å². The van der Waals surface area contributed by atoms with E-state index in [-0.39, 0.29) is 36.5 Å². The molecule has 0 bridgehead atoms.